The van der Waals surface area contributed by atoms with Gasteiger partial charge in [0.2, 0.25) is 0 Å². The number of halogens is 2. The number of rotatable bonds is 7. The van der Waals surface area contributed by atoms with Crippen LogP contribution in [-0.4, -0.2) is 79.7 Å². The second kappa shape index (κ2) is 8.85. The van der Waals surface area contributed by atoms with E-state index >= 15 is 0 Å². The van der Waals surface area contributed by atoms with E-state index in [4.69, 9.17) is 0 Å². The first-order chi connectivity index (χ1) is 11.4. The first kappa shape index (κ1) is 19.2. The molecule has 0 spiro atoms. The highest BCUT2D eigenvalue weighted by Crippen LogP contribution is 2.21. The summed E-state index contributed by atoms with van der Waals surface area (Å²) in [5, 5.41) is 10.2. The Morgan fingerprint density at radius 3 is 2.33 bits per heavy atom. The molecule has 2 rings (SSSR count). The summed E-state index contributed by atoms with van der Waals surface area (Å²) in [4.78, 5) is 6.61. The van der Waals surface area contributed by atoms with Crippen molar-refractivity contribution in [3.8, 4) is 0 Å². The lowest BCUT2D eigenvalue weighted by Crippen LogP contribution is -2.44. The lowest BCUT2D eigenvalue weighted by Gasteiger charge is -2.36. The third-order valence-electron chi connectivity index (χ3n) is 4.96. The van der Waals surface area contributed by atoms with Crippen molar-refractivity contribution in [1.29, 1.82) is 0 Å². The zero-order valence-electron chi connectivity index (χ0n) is 14.9. The fourth-order valence-electron chi connectivity index (χ4n) is 3.25. The van der Waals surface area contributed by atoms with Crippen molar-refractivity contribution in [2.45, 2.75) is 25.0 Å². The summed E-state index contributed by atoms with van der Waals surface area (Å²) in [5.41, 5.74) is -0.243. The van der Waals surface area contributed by atoms with Crippen LogP contribution in [0.5, 0.6) is 0 Å². The molecule has 1 heterocycles. The van der Waals surface area contributed by atoms with E-state index in [0.717, 1.165) is 26.2 Å². The Morgan fingerprint density at radius 1 is 1.17 bits per heavy atom. The summed E-state index contributed by atoms with van der Waals surface area (Å²) < 4.78 is 27.4. The van der Waals surface area contributed by atoms with Crippen LogP contribution in [0.25, 0.3) is 0 Å². The molecule has 0 bridgehead atoms. The van der Waals surface area contributed by atoms with E-state index in [0.29, 0.717) is 6.04 Å². The van der Waals surface area contributed by atoms with Crippen molar-refractivity contribution in [3.63, 3.8) is 0 Å². The summed E-state index contributed by atoms with van der Waals surface area (Å²) in [6, 6.07) is 4.25. The molecule has 1 atom stereocenters. The molecule has 0 amide bonds. The summed E-state index contributed by atoms with van der Waals surface area (Å²) in [7, 11) is 6.13. The minimum absolute atomic E-state index is 0.207. The van der Waals surface area contributed by atoms with Gasteiger partial charge in [0.15, 0.2) is 0 Å². The quantitative estimate of drug-likeness (QED) is 0.821. The lowest BCUT2D eigenvalue weighted by molar-refractivity contribution is 0.100. The van der Waals surface area contributed by atoms with Gasteiger partial charge in [0.05, 0.1) is 11.7 Å². The van der Waals surface area contributed by atoms with Crippen LogP contribution in [0.3, 0.4) is 0 Å². The van der Waals surface area contributed by atoms with Crippen molar-refractivity contribution in [1.82, 2.24) is 14.7 Å². The molecule has 6 heteroatoms. The molecule has 0 aromatic heterocycles. The summed E-state index contributed by atoms with van der Waals surface area (Å²) >= 11 is 0. The average Bonchev–Trinajstić information content (AvgIpc) is 2.53. The second-order valence-electron chi connectivity index (χ2n) is 6.93. The van der Waals surface area contributed by atoms with Crippen LogP contribution in [0.15, 0.2) is 18.2 Å². The van der Waals surface area contributed by atoms with Crippen LogP contribution in [0.4, 0.5) is 8.78 Å². The molecule has 0 radical (unpaired) electrons. The molecule has 0 saturated carbocycles. The molecular weight excluding hydrogens is 312 g/mol. The number of aliphatic hydroxyl groups is 1. The van der Waals surface area contributed by atoms with Crippen molar-refractivity contribution in [2.24, 2.45) is 0 Å². The van der Waals surface area contributed by atoms with Gasteiger partial charge in [0.25, 0.3) is 0 Å². The van der Waals surface area contributed by atoms with E-state index in [9.17, 15) is 13.9 Å². The number of likely N-dealkylation sites (tertiary alicyclic amines) is 1. The average molecular weight is 341 g/mol. The first-order valence-electron chi connectivity index (χ1n) is 8.57. The largest absolute Gasteiger partial charge is 0.387 e. The van der Waals surface area contributed by atoms with Gasteiger partial charge in [-0.3, -0.25) is 0 Å². The number of hydrogen-bond donors (Lipinski definition) is 1. The van der Waals surface area contributed by atoms with E-state index < -0.39 is 17.7 Å². The predicted molar refractivity (Wildman–Crippen MR) is 92.0 cm³/mol. The van der Waals surface area contributed by atoms with Gasteiger partial charge >= 0.3 is 0 Å². The number of hydrogen-bond acceptors (Lipinski definition) is 4. The fraction of sp³-hybridized carbons (Fsp3) is 0.667. The Morgan fingerprint density at radius 2 is 1.75 bits per heavy atom. The minimum atomic E-state index is -1.16. The zero-order chi connectivity index (χ0) is 17.7. The summed E-state index contributed by atoms with van der Waals surface area (Å²) in [5.74, 6) is -1.39. The van der Waals surface area contributed by atoms with Gasteiger partial charge in [-0.05, 0) is 59.2 Å². The first-order valence-corrected chi connectivity index (χ1v) is 8.57. The van der Waals surface area contributed by atoms with Gasteiger partial charge in [-0.2, -0.15) is 0 Å². The third-order valence-corrected chi connectivity index (χ3v) is 4.96. The van der Waals surface area contributed by atoms with Crippen LogP contribution in [0.2, 0.25) is 0 Å². The fourth-order valence-corrected chi connectivity index (χ4v) is 3.25. The standard InChI is InChI=1S/C18H29F2N3O/c1-21-9-7-14(8-10-21)23(3)12-11-22(2)13-17(24)18-15(19)5-4-6-16(18)20/h4-6,14,17,24H,7-13H2,1-3H3. The van der Waals surface area contributed by atoms with Crippen molar-refractivity contribution in [2.75, 3.05) is 53.9 Å². The zero-order valence-corrected chi connectivity index (χ0v) is 14.9. The van der Waals surface area contributed by atoms with E-state index in [2.05, 4.69) is 23.9 Å². The molecule has 136 valence electrons. The minimum Gasteiger partial charge on any atom is -0.387 e. The maximum atomic E-state index is 13.7. The highest BCUT2D eigenvalue weighted by molar-refractivity contribution is 5.22. The molecule has 1 aliphatic rings. The van der Waals surface area contributed by atoms with Crippen LogP contribution >= 0.6 is 0 Å². The van der Waals surface area contributed by atoms with E-state index in [1.807, 2.05) is 11.9 Å². The normalized spacial score (nSPS) is 18.5. The molecule has 4 nitrogen and oxygen atoms in total. The topological polar surface area (TPSA) is 30.0 Å². The summed E-state index contributed by atoms with van der Waals surface area (Å²) in [6.45, 7) is 4.07. The SMILES string of the molecule is CN1CCC(N(C)CCN(C)CC(O)c2c(F)cccc2F)CC1. The Balaban J connectivity index is 1.79. The second-order valence-corrected chi connectivity index (χ2v) is 6.93. The van der Waals surface area contributed by atoms with E-state index in [1.165, 1.54) is 31.0 Å². The van der Waals surface area contributed by atoms with Gasteiger partial charge in [-0.15, -0.1) is 0 Å². The highest BCUT2D eigenvalue weighted by Gasteiger charge is 2.22. The maximum absolute atomic E-state index is 13.7. The lowest BCUT2D eigenvalue weighted by atomic mass is 10.0. The van der Waals surface area contributed by atoms with Gasteiger partial charge in [-0.1, -0.05) is 6.07 Å². The molecule has 1 saturated heterocycles. The van der Waals surface area contributed by atoms with Gasteiger partial charge in [0, 0.05) is 25.7 Å². The molecule has 1 aromatic carbocycles. The van der Waals surface area contributed by atoms with Crippen molar-refractivity contribution >= 4 is 0 Å². The predicted octanol–water partition coefficient (Wildman–Crippen LogP) is 1.96. The van der Waals surface area contributed by atoms with Crippen LogP contribution in [-0.2, 0) is 0 Å². The molecule has 1 N–H and O–H groups in total. The number of benzene rings is 1. The molecule has 1 fully saturated rings. The summed E-state index contributed by atoms with van der Waals surface area (Å²) in [6.07, 6.45) is 1.17. The van der Waals surface area contributed by atoms with Crippen molar-refractivity contribution in [3.05, 3.63) is 35.4 Å². The number of piperidine rings is 1. The third kappa shape index (κ3) is 5.21. The van der Waals surface area contributed by atoms with E-state index in [-0.39, 0.29) is 12.1 Å². The molecule has 1 unspecified atom stereocenters. The van der Waals surface area contributed by atoms with Gasteiger partial charge in [0.1, 0.15) is 11.6 Å². The maximum Gasteiger partial charge on any atom is 0.131 e. The van der Waals surface area contributed by atoms with Gasteiger partial charge < -0.3 is 19.8 Å². The number of likely N-dealkylation sites (N-methyl/N-ethyl adjacent to an activating group) is 2. The number of nitrogens with zero attached hydrogens (tertiary/aromatic N) is 3. The van der Waals surface area contributed by atoms with Crippen LogP contribution in [0.1, 0.15) is 24.5 Å². The van der Waals surface area contributed by atoms with Crippen molar-refractivity contribution < 1.29 is 13.9 Å². The van der Waals surface area contributed by atoms with Crippen LogP contribution in [0, 0.1) is 11.6 Å². The molecule has 0 aliphatic carbocycles. The van der Waals surface area contributed by atoms with Crippen LogP contribution < -0.4 is 0 Å². The van der Waals surface area contributed by atoms with Gasteiger partial charge in [-0.25, -0.2) is 8.78 Å². The Labute approximate surface area is 143 Å². The molecule has 24 heavy (non-hydrogen) atoms. The smallest absolute Gasteiger partial charge is 0.131 e. The molecule has 1 aromatic rings. The molecular formula is C18H29F2N3O. The monoisotopic (exact) mass is 341 g/mol. The Hall–Kier alpha value is -1.08. The Bertz CT molecular complexity index is 501. The van der Waals surface area contributed by atoms with E-state index in [1.54, 1.807) is 0 Å². The highest BCUT2D eigenvalue weighted by atomic mass is 19.1. The molecule has 1 aliphatic heterocycles. The number of aliphatic hydroxyl groups excluding tert-OH is 1. The Kier molecular flexibility index (Phi) is 7.10.